The zero-order valence-electron chi connectivity index (χ0n) is 7.79. The molecule has 0 radical (unpaired) electrons. The molecular formula is C8H3Cl4NO4. The summed E-state index contributed by atoms with van der Waals surface area (Å²) in [7, 11) is 0. The van der Waals surface area contributed by atoms with Crippen LogP contribution in [0.15, 0.2) is 12.1 Å². The van der Waals surface area contributed by atoms with E-state index in [1.54, 1.807) is 0 Å². The first-order chi connectivity index (χ1) is 7.64. The maximum atomic E-state index is 11.5. The molecule has 0 fully saturated rings. The summed E-state index contributed by atoms with van der Waals surface area (Å²) in [5.41, 5.74) is -1.02. The lowest BCUT2D eigenvalue weighted by molar-refractivity contribution is -0.385. The number of carbonyl (C=O) groups excluding carboxylic acids is 1. The van der Waals surface area contributed by atoms with Crippen molar-refractivity contribution in [2.45, 2.75) is 3.79 Å². The number of hydrogen-bond acceptors (Lipinski definition) is 4. The van der Waals surface area contributed by atoms with Crippen molar-refractivity contribution in [1.82, 2.24) is 0 Å². The smallest absolute Gasteiger partial charge is 0.313 e. The van der Waals surface area contributed by atoms with Gasteiger partial charge in [-0.1, -0.05) is 46.4 Å². The van der Waals surface area contributed by atoms with Crippen molar-refractivity contribution < 1.29 is 14.8 Å². The van der Waals surface area contributed by atoms with Gasteiger partial charge >= 0.3 is 5.69 Å². The Morgan fingerprint density at radius 3 is 2.29 bits per heavy atom. The SMILES string of the molecule is O=C(c1cc(Cl)c(O)c([N+](=O)[O-])c1)C(Cl)(Cl)Cl. The number of halogens is 4. The van der Waals surface area contributed by atoms with Crippen molar-refractivity contribution in [3.63, 3.8) is 0 Å². The lowest BCUT2D eigenvalue weighted by atomic mass is 10.1. The molecule has 0 unspecified atom stereocenters. The highest BCUT2D eigenvalue weighted by Gasteiger charge is 2.33. The standard InChI is InChI=1S/C8H3Cl4NO4/c9-4-1-3(7(15)8(10,11)12)2-5(6(4)14)13(16)17/h1-2,14H. The summed E-state index contributed by atoms with van der Waals surface area (Å²) in [4.78, 5) is 21.2. The Morgan fingerprint density at radius 2 is 1.88 bits per heavy atom. The van der Waals surface area contributed by atoms with E-state index in [0.29, 0.717) is 0 Å². The molecule has 0 saturated carbocycles. The minimum absolute atomic E-state index is 0.278. The Bertz CT molecular complexity index is 497. The van der Waals surface area contributed by atoms with Gasteiger partial charge < -0.3 is 5.11 Å². The first kappa shape index (κ1) is 14.3. The van der Waals surface area contributed by atoms with Crippen molar-refractivity contribution in [2.75, 3.05) is 0 Å². The van der Waals surface area contributed by atoms with Gasteiger partial charge in [-0.3, -0.25) is 14.9 Å². The Balaban J connectivity index is 3.39. The molecule has 92 valence electrons. The molecule has 9 heteroatoms. The second-order valence-electron chi connectivity index (χ2n) is 2.91. The third-order valence-corrected chi connectivity index (χ3v) is 2.56. The summed E-state index contributed by atoms with van der Waals surface area (Å²) >= 11 is 21.6. The fourth-order valence-electron chi connectivity index (χ4n) is 1.02. The average Bonchev–Trinajstić information content (AvgIpc) is 2.19. The van der Waals surface area contributed by atoms with Crippen molar-refractivity contribution in [2.24, 2.45) is 0 Å². The van der Waals surface area contributed by atoms with Crippen LogP contribution in [-0.2, 0) is 0 Å². The van der Waals surface area contributed by atoms with Gasteiger partial charge in [0.05, 0.1) is 9.95 Å². The quantitative estimate of drug-likeness (QED) is 0.391. The van der Waals surface area contributed by atoms with Gasteiger partial charge in [0.25, 0.3) is 3.79 Å². The second kappa shape index (κ2) is 4.86. The first-order valence-corrected chi connectivity index (χ1v) is 5.44. The Hall–Kier alpha value is -0.750. The molecule has 17 heavy (non-hydrogen) atoms. The van der Waals surface area contributed by atoms with Crippen LogP contribution in [-0.4, -0.2) is 19.6 Å². The third kappa shape index (κ3) is 3.13. The fraction of sp³-hybridized carbons (Fsp3) is 0.125. The molecule has 1 aromatic rings. The maximum Gasteiger partial charge on any atom is 0.313 e. The van der Waals surface area contributed by atoms with Gasteiger partial charge in [0.1, 0.15) is 0 Å². The van der Waals surface area contributed by atoms with Crippen molar-refractivity contribution in [3.05, 3.63) is 32.8 Å². The monoisotopic (exact) mass is 317 g/mol. The molecule has 5 nitrogen and oxygen atoms in total. The predicted molar refractivity (Wildman–Crippen MR) is 64.4 cm³/mol. The van der Waals surface area contributed by atoms with Crippen LogP contribution in [0.1, 0.15) is 10.4 Å². The van der Waals surface area contributed by atoms with Crippen LogP contribution in [0.2, 0.25) is 5.02 Å². The van der Waals surface area contributed by atoms with Gasteiger partial charge in [-0.25, -0.2) is 0 Å². The molecule has 0 atom stereocenters. The number of hydrogen-bond donors (Lipinski definition) is 1. The number of phenols is 1. The molecule has 0 aliphatic heterocycles. The number of aromatic hydroxyl groups is 1. The zero-order valence-corrected chi connectivity index (χ0v) is 10.8. The van der Waals surface area contributed by atoms with Crippen molar-refractivity contribution in [1.29, 1.82) is 0 Å². The van der Waals surface area contributed by atoms with E-state index in [-0.39, 0.29) is 10.6 Å². The number of nitro benzene ring substituents is 1. The molecule has 1 aromatic carbocycles. The normalized spacial score (nSPS) is 11.3. The highest BCUT2D eigenvalue weighted by molar-refractivity contribution is 6.77. The lowest BCUT2D eigenvalue weighted by Crippen LogP contribution is -2.19. The molecule has 0 bridgehead atoms. The minimum Gasteiger partial charge on any atom is -0.501 e. The molecule has 0 amide bonds. The molecule has 0 heterocycles. The summed E-state index contributed by atoms with van der Waals surface area (Å²) < 4.78 is -2.26. The van der Waals surface area contributed by atoms with Crippen LogP contribution >= 0.6 is 46.4 Å². The van der Waals surface area contributed by atoms with E-state index in [4.69, 9.17) is 46.4 Å². The van der Waals surface area contributed by atoms with Gasteiger partial charge in [0.15, 0.2) is 0 Å². The molecule has 1 rings (SSSR count). The van der Waals surface area contributed by atoms with Crippen molar-refractivity contribution in [3.8, 4) is 5.75 Å². The van der Waals surface area contributed by atoms with Gasteiger partial charge in [0.2, 0.25) is 11.5 Å². The summed E-state index contributed by atoms with van der Waals surface area (Å²) in [6, 6.07) is 1.76. The molecule has 1 N–H and O–H groups in total. The van der Waals surface area contributed by atoms with E-state index in [1.165, 1.54) is 0 Å². The topological polar surface area (TPSA) is 80.4 Å². The van der Waals surface area contributed by atoms with Crippen LogP contribution in [0.5, 0.6) is 5.75 Å². The van der Waals surface area contributed by atoms with Gasteiger partial charge in [0, 0.05) is 11.6 Å². The molecule has 0 saturated heterocycles. The predicted octanol–water partition coefficient (Wildman–Crippen LogP) is 3.51. The Kier molecular flexibility index (Phi) is 4.09. The summed E-state index contributed by atoms with van der Waals surface area (Å²) in [6.07, 6.45) is 0. The van der Waals surface area contributed by atoms with Crippen LogP contribution in [0.25, 0.3) is 0 Å². The fourth-order valence-corrected chi connectivity index (χ4v) is 1.56. The molecular weight excluding hydrogens is 316 g/mol. The molecule has 0 aliphatic rings. The first-order valence-electron chi connectivity index (χ1n) is 3.93. The zero-order chi connectivity index (χ0) is 13.4. The Labute approximate surface area is 115 Å². The number of nitro groups is 1. The van der Waals surface area contributed by atoms with E-state index >= 15 is 0 Å². The van der Waals surface area contributed by atoms with Gasteiger partial charge in [-0.15, -0.1) is 0 Å². The number of rotatable bonds is 2. The van der Waals surface area contributed by atoms with Crippen LogP contribution in [0.3, 0.4) is 0 Å². The lowest BCUT2D eigenvalue weighted by Gasteiger charge is -2.10. The number of nitrogens with zero attached hydrogens (tertiary/aromatic N) is 1. The largest absolute Gasteiger partial charge is 0.501 e. The number of carbonyl (C=O) groups is 1. The third-order valence-electron chi connectivity index (χ3n) is 1.76. The van der Waals surface area contributed by atoms with E-state index < -0.39 is 25.9 Å². The summed E-state index contributed by atoms with van der Waals surface area (Å²) in [6.45, 7) is 0. The second-order valence-corrected chi connectivity index (χ2v) is 5.60. The van der Waals surface area contributed by atoms with Crippen LogP contribution in [0, 0.1) is 10.1 Å². The minimum atomic E-state index is -2.26. The van der Waals surface area contributed by atoms with Gasteiger partial charge in [-0.05, 0) is 6.07 Å². The molecule has 0 spiro atoms. The van der Waals surface area contributed by atoms with Crippen molar-refractivity contribution >= 4 is 57.9 Å². The van der Waals surface area contributed by atoms with E-state index in [2.05, 4.69) is 0 Å². The molecule has 0 aliphatic carbocycles. The number of phenolic OH excluding ortho intramolecular Hbond substituents is 1. The maximum absolute atomic E-state index is 11.5. The van der Waals surface area contributed by atoms with E-state index in [1.807, 2.05) is 0 Å². The Morgan fingerprint density at radius 1 is 1.35 bits per heavy atom. The van der Waals surface area contributed by atoms with Crippen LogP contribution in [0.4, 0.5) is 5.69 Å². The highest BCUT2D eigenvalue weighted by atomic mass is 35.6. The number of Topliss-reactive ketones (excluding diaryl/α,β-unsaturated/α-hetero) is 1. The summed E-state index contributed by atoms with van der Waals surface area (Å²) in [5.74, 6) is -1.73. The average molecular weight is 319 g/mol. The molecule has 0 aromatic heterocycles. The van der Waals surface area contributed by atoms with E-state index in [9.17, 15) is 20.0 Å². The summed E-state index contributed by atoms with van der Waals surface area (Å²) in [5, 5.41) is 19.5. The number of ketones is 1. The number of benzene rings is 1. The van der Waals surface area contributed by atoms with E-state index in [0.717, 1.165) is 12.1 Å². The van der Waals surface area contributed by atoms with Gasteiger partial charge in [-0.2, -0.15) is 0 Å². The van der Waals surface area contributed by atoms with Crippen LogP contribution < -0.4 is 0 Å². The highest BCUT2D eigenvalue weighted by Crippen LogP contribution is 2.38. The number of alkyl halides is 3.